The molecule has 2 nitrogen and oxygen atoms in total. The van der Waals surface area contributed by atoms with Gasteiger partial charge in [-0.1, -0.05) is 0 Å². The number of carbonyl (C=O) groups is 1. The van der Waals surface area contributed by atoms with E-state index in [1.54, 1.807) is 13.8 Å². The molecule has 0 aliphatic rings. The molecule has 0 saturated heterocycles. The molecule has 3 heteroatoms. The summed E-state index contributed by atoms with van der Waals surface area (Å²) in [5.74, 6) is 0. The van der Waals surface area contributed by atoms with E-state index in [1.807, 2.05) is 0 Å². The van der Waals surface area contributed by atoms with Crippen LogP contribution in [0.3, 0.4) is 0 Å². The lowest BCUT2D eigenvalue weighted by atomic mass is 10.1. The van der Waals surface area contributed by atoms with Crippen molar-refractivity contribution in [2.24, 2.45) is 0 Å². The quantitative estimate of drug-likeness (QED) is 0.541. The summed E-state index contributed by atoms with van der Waals surface area (Å²) >= 11 is 0. The van der Waals surface area contributed by atoms with Crippen LogP contribution < -0.4 is 0 Å². The number of carbonyl (C=O) groups excluding carboxylic acids is 1. The maximum absolute atomic E-state index is 11.5. The topological polar surface area (TPSA) is 26.3 Å². The normalized spacial score (nSPS) is 11.4. The fourth-order valence-electron chi connectivity index (χ4n) is 0.407. The van der Waals surface area contributed by atoms with Crippen molar-refractivity contribution >= 4 is 6.29 Å². The number of alkyl halides is 1. The fraction of sp³-hybridized carbons (Fsp3) is 0.833. The third-order valence-corrected chi connectivity index (χ3v) is 1.02. The lowest BCUT2D eigenvalue weighted by molar-refractivity contribution is -0.116. The minimum absolute atomic E-state index is 0.233. The summed E-state index contributed by atoms with van der Waals surface area (Å²) in [6, 6.07) is 0. The van der Waals surface area contributed by atoms with E-state index in [0.717, 1.165) is 6.29 Å². The summed E-state index contributed by atoms with van der Waals surface area (Å²) in [4.78, 5) is 9.89. The van der Waals surface area contributed by atoms with E-state index in [9.17, 15) is 9.18 Å². The standard InChI is InChI=1S/C6H11FO2/c1-6(2,3-4-8)9-5-7/h4H,3,5H2,1-2H3. The van der Waals surface area contributed by atoms with Crippen LogP contribution in [0.5, 0.6) is 0 Å². The van der Waals surface area contributed by atoms with Crippen molar-refractivity contribution < 1.29 is 13.9 Å². The smallest absolute Gasteiger partial charge is 0.188 e. The van der Waals surface area contributed by atoms with E-state index < -0.39 is 12.5 Å². The molecule has 0 aliphatic carbocycles. The lowest BCUT2D eigenvalue weighted by Crippen LogP contribution is -2.24. The minimum Gasteiger partial charge on any atom is -0.344 e. The van der Waals surface area contributed by atoms with Gasteiger partial charge in [-0.2, -0.15) is 0 Å². The van der Waals surface area contributed by atoms with Crippen molar-refractivity contribution in [2.45, 2.75) is 25.9 Å². The van der Waals surface area contributed by atoms with Crippen LogP contribution in [0.25, 0.3) is 0 Å². The van der Waals surface area contributed by atoms with Crippen LogP contribution in [0, 0.1) is 0 Å². The molecular weight excluding hydrogens is 123 g/mol. The molecular formula is C6H11FO2. The number of hydrogen-bond acceptors (Lipinski definition) is 2. The Kier molecular flexibility index (Phi) is 3.39. The second-order valence-electron chi connectivity index (χ2n) is 2.38. The number of halogens is 1. The van der Waals surface area contributed by atoms with Crippen molar-refractivity contribution in [3.8, 4) is 0 Å². The molecule has 0 amide bonds. The maximum Gasteiger partial charge on any atom is 0.188 e. The predicted octanol–water partition coefficient (Wildman–Crippen LogP) is 1.30. The lowest BCUT2D eigenvalue weighted by Gasteiger charge is -2.19. The third kappa shape index (κ3) is 4.09. The van der Waals surface area contributed by atoms with Gasteiger partial charge in [-0.15, -0.1) is 0 Å². The zero-order valence-corrected chi connectivity index (χ0v) is 5.69. The third-order valence-electron chi connectivity index (χ3n) is 1.02. The Bertz CT molecular complexity index is 91.1. The second kappa shape index (κ2) is 3.56. The van der Waals surface area contributed by atoms with E-state index in [-0.39, 0.29) is 6.42 Å². The number of aldehydes is 1. The van der Waals surface area contributed by atoms with Crippen LogP contribution in [-0.2, 0) is 9.53 Å². The van der Waals surface area contributed by atoms with Gasteiger partial charge in [-0.05, 0) is 13.8 Å². The molecule has 0 bridgehead atoms. The molecule has 0 N–H and O–H groups in total. The van der Waals surface area contributed by atoms with Crippen LogP contribution in [0.15, 0.2) is 0 Å². The molecule has 54 valence electrons. The van der Waals surface area contributed by atoms with Crippen LogP contribution in [0.4, 0.5) is 4.39 Å². The Balaban J connectivity index is 3.55. The monoisotopic (exact) mass is 134 g/mol. The Hall–Kier alpha value is -0.440. The Labute approximate surface area is 54.0 Å². The van der Waals surface area contributed by atoms with Crippen LogP contribution in [0.1, 0.15) is 20.3 Å². The number of hydrogen-bond donors (Lipinski definition) is 0. The second-order valence-corrected chi connectivity index (χ2v) is 2.38. The Morgan fingerprint density at radius 1 is 1.67 bits per heavy atom. The van der Waals surface area contributed by atoms with E-state index in [4.69, 9.17) is 0 Å². The van der Waals surface area contributed by atoms with Gasteiger partial charge < -0.3 is 9.53 Å². The summed E-state index contributed by atoms with van der Waals surface area (Å²) in [7, 11) is 0. The van der Waals surface area contributed by atoms with Gasteiger partial charge in [-0.3, -0.25) is 0 Å². The van der Waals surface area contributed by atoms with Gasteiger partial charge in [0.25, 0.3) is 0 Å². The largest absolute Gasteiger partial charge is 0.344 e. The minimum atomic E-state index is -0.832. The van der Waals surface area contributed by atoms with E-state index in [0.29, 0.717) is 0 Å². The van der Waals surface area contributed by atoms with Crippen molar-refractivity contribution in [2.75, 3.05) is 6.86 Å². The van der Waals surface area contributed by atoms with Gasteiger partial charge in [0, 0.05) is 6.42 Å². The van der Waals surface area contributed by atoms with Crippen molar-refractivity contribution in [3.05, 3.63) is 0 Å². The van der Waals surface area contributed by atoms with Crippen molar-refractivity contribution in [1.29, 1.82) is 0 Å². The molecule has 0 radical (unpaired) electrons. The van der Waals surface area contributed by atoms with Gasteiger partial charge >= 0.3 is 0 Å². The first-order chi connectivity index (χ1) is 4.12. The molecule has 0 fully saturated rings. The molecule has 0 aromatic carbocycles. The Morgan fingerprint density at radius 2 is 2.22 bits per heavy atom. The van der Waals surface area contributed by atoms with Gasteiger partial charge in [0.05, 0.1) is 5.60 Å². The molecule has 0 heterocycles. The van der Waals surface area contributed by atoms with Gasteiger partial charge in [0.2, 0.25) is 0 Å². The van der Waals surface area contributed by atoms with Crippen molar-refractivity contribution in [3.63, 3.8) is 0 Å². The molecule has 0 saturated carbocycles. The molecule has 0 rings (SSSR count). The first kappa shape index (κ1) is 8.56. The van der Waals surface area contributed by atoms with Gasteiger partial charge in [0.15, 0.2) is 6.86 Å². The average molecular weight is 134 g/mol. The summed E-state index contributed by atoms with van der Waals surface area (Å²) in [6.45, 7) is 2.50. The predicted molar refractivity (Wildman–Crippen MR) is 31.8 cm³/mol. The average Bonchev–Trinajstić information content (AvgIpc) is 1.64. The molecule has 0 spiro atoms. The number of ether oxygens (including phenoxy) is 1. The highest BCUT2D eigenvalue weighted by atomic mass is 19.1. The van der Waals surface area contributed by atoms with E-state index in [2.05, 4.69) is 4.74 Å². The highest BCUT2D eigenvalue weighted by molar-refractivity contribution is 5.50. The molecule has 0 aliphatic heterocycles. The molecule has 0 unspecified atom stereocenters. The summed E-state index contributed by atoms with van der Waals surface area (Å²) in [6.07, 6.45) is 0.951. The summed E-state index contributed by atoms with van der Waals surface area (Å²) in [5, 5.41) is 0. The zero-order valence-electron chi connectivity index (χ0n) is 5.69. The molecule has 9 heavy (non-hydrogen) atoms. The highest BCUT2D eigenvalue weighted by Gasteiger charge is 2.16. The molecule has 0 aromatic heterocycles. The first-order valence-electron chi connectivity index (χ1n) is 2.76. The van der Waals surface area contributed by atoms with Crippen LogP contribution in [0.2, 0.25) is 0 Å². The maximum atomic E-state index is 11.5. The van der Waals surface area contributed by atoms with E-state index in [1.165, 1.54) is 0 Å². The fourth-order valence-corrected chi connectivity index (χ4v) is 0.407. The summed E-state index contributed by atoms with van der Waals surface area (Å²) < 4.78 is 16.0. The SMILES string of the molecule is CC(C)(CC=O)OCF. The van der Waals surface area contributed by atoms with Crippen LogP contribution in [-0.4, -0.2) is 18.7 Å². The molecule has 0 aromatic rings. The first-order valence-corrected chi connectivity index (χ1v) is 2.76. The Morgan fingerprint density at radius 3 is 2.56 bits per heavy atom. The zero-order chi connectivity index (χ0) is 7.33. The summed E-state index contributed by atoms with van der Waals surface area (Å²) in [5.41, 5.74) is -0.642. The molecule has 0 atom stereocenters. The van der Waals surface area contributed by atoms with E-state index >= 15 is 0 Å². The van der Waals surface area contributed by atoms with Gasteiger partial charge in [0.1, 0.15) is 6.29 Å². The highest BCUT2D eigenvalue weighted by Crippen LogP contribution is 2.11. The number of rotatable bonds is 4. The van der Waals surface area contributed by atoms with Gasteiger partial charge in [-0.25, -0.2) is 4.39 Å². The van der Waals surface area contributed by atoms with Crippen molar-refractivity contribution in [1.82, 2.24) is 0 Å². The van der Waals surface area contributed by atoms with Crippen LogP contribution >= 0.6 is 0 Å².